The summed E-state index contributed by atoms with van der Waals surface area (Å²) in [5.41, 5.74) is 0.568. The number of carboxylic acid groups (broad SMARTS) is 1. The summed E-state index contributed by atoms with van der Waals surface area (Å²) in [6, 6.07) is 3.69. The number of morpholine rings is 1. The van der Waals surface area contributed by atoms with E-state index in [1.807, 2.05) is 4.90 Å². The summed E-state index contributed by atoms with van der Waals surface area (Å²) in [5, 5.41) is 8.64. The van der Waals surface area contributed by atoms with Crippen LogP contribution in [0.3, 0.4) is 0 Å². The third-order valence-electron chi connectivity index (χ3n) is 3.11. The summed E-state index contributed by atoms with van der Waals surface area (Å²) in [5.74, 6) is -2.64. The molecule has 0 aliphatic carbocycles. The van der Waals surface area contributed by atoms with Gasteiger partial charge in [-0.25, -0.2) is 8.78 Å². The zero-order chi connectivity index (χ0) is 13.8. The number of hydrogen-bond donors (Lipinski definition) is 1. The second kappa shape index (κ2) is 6.08. The maximum absolute atomic E-state index is 13.2. The Bertz CT molecular complexity index is 467. The van der Waals surface area contributed by atoms with Gasteiger partial charge in [-0.05, 0) is 17.7 Å². The molecule has 0 spiro atoms. The number of carboxylic acids is 1. The summed E-state index contributed by atoms with van der Waals surface area (Å²) in [6.45, 7) is 2.01. The molecule has 1 fully saturated rings. The van der Waals surface area contributed by atoms with Crippen molar-refractivity contribution in [1.29, 1.82) is 0 Å². The molecule has 104 valence electrons. The van der Waals surface area contributed by atoms with Crippen LogP contribution in [0.1, 0.15) is 18.1 Å². The summed E-state index contributed by atoms with van der Waals surface area (Å²) < 4.78 is 31.5. The standard InChI is InChI=1S/C13H15F2NO3/c14-10-2-1-9(7-11(10)15)12-8-16(5-6-19-12)4-3-13(17)18/h1-2,7,12H,3-6,8H2,(H,17,18). The highest BCUT2D eigenvalue weighted by Gasteiger charge is 2.23. The molecule has 0 aromatic heterocycles. The van der Waals surface area contributed by atoms with E-state index in [0.29, 0.717) is 31.8 Å². The fourth-order valence-electron chi connectivity index (χ4n) is 2.07. The van der Waals surface area contributed by atoms with Gasteiger partial charge < -0.3 is 9.84 Å². The first-order valence-corrected chi connectivity index (χ1v) is 6.07. The molecule has 1 atom stereocenters. The van der Waals surface area contributed by atoms with Gasteiger partial charge in [0.2, 0.25) is 0 Å². The molecule has 4 nitrogen and oxygen atoms in total. The molecule has 0 radical (unpaired) electrons. The SMILES string of the molecule is O=C(O)CCN1CCOC(c2ccc(F)c(F)c2)C1. The Hall–Kier alpha value is -1.53. The number of halogens is 2. The van der Waals surface area contributed by atoms with E-state index < -0.39 is 17.6 Å². The van der Waals surface area contributed by atoms with E-state index in [1.165, 1.54) is 6.07 Å². The van der Waals surface area contributed by atoms with Crippen LogP contribution in [-0.2, 0) is 9.53 Å². The Morgan fingerprint density at radius 3 is 2.89 bits per heavy atom. The molecule has 2 rings (SSSR count). The van der Waals surface area contributed by atoms with Crippen LogP contribution in [0.5, 0.6) is 0 Å². The van der Waals surface area contributed by atoms with Crippen molar-refractivity contribution < 1.29 is 23.4 Å². The fourth-order valence-corrected chi connectivity index (χ4v) is 2.07. The summed E-state index contributed by atoms with van der Waals surface area (Å²) in [4.78, 5) is 12.5. The van der Waals surface area contributed by atoms with Crippen LogP contribution in [0.15, 0.2) is 18.2 Å². The van der Waals surface area contributed by atoms with Crippen LogP contribution in [0.25, 0.3) is 0 Å². The minimum atomic E-state index is -0.899. The second-order valence-electron chi connectivity index (χ2n) is 4.48. The van der Waals surface area contributed by atoms with Gasteiger partial charge in [0.05, 0.1) is 19.1 Å². The number of aliphatic carboxylic acids is 1. The zero-order valence-electron chi connectivity index (χ0n) is 10.3. The lowest BCUT2D eigenvalue weighted by Crippen LogP contribution is -2.39. The van der Waals surface area contributed by atoms with Gasteiger partial charge in [0.25, 0.3) is 0 Å². The average molecular weight is 271 g/mol. The minimum Gasteiger partial charge on any atom is -0.481 e. The first kappa shape index (κ1) is 13.9. The largest absolute Gasteiger partial charge is 0.481 e. The van der Waals surface area contributed by atoms with Crippen molar-refractivity contribution >= 4 is 5.97 Å². The Morgan fingerprint density at radius 1 is 1.42 bits per heavy atom. The lowest BCUT2D eigenvalue weighted by molar-refractivity contribution is -0.137. The summed E-state index contributed by atoms with van der Waals surface area (Å²) in [7, 11) is 0. The van der Waals surface area contributed by atoms with Gasteiger partial charge in [-0.3, -0.25) is 9.69 Å². The Morgan fingerprint density at radius 2 is 2.21 bits per heavy atom. The lowest BCUT2D eigenvalue weighted by atomic mass is 10.1. The van der Waals surface area contributed by atoms with Gasteiger partial charge in [-0.2, -0.15) is 0 Å². The van der Waals surface area contributed by atoms with Crippen LogP contribution in [0.2, 0.25) is 0 Å². The zero-order valence-corrected chi connectivity index (χ0v) is 10.3. The molecule has 1 aliphatic heterocycles. The van der Waals surface area contributed by atoms with Crippen LogP contribution < -0.4 is 0 Å². The fraction of sp³-hybridized carbons (Fsp3) is 0.462. The molecule has 1 aromatic rings. The van der Waals surface area contributed by atoms with Crippen LogP contribution in [-0.4, -0.2) is 42.2 Å². The van der Waals surface area contributed by atoms with Gasteiger partial charge in [0.1, 0.15) is 0 Å². The van der Waals surface area contributed by atoms with Crippen molar-refractivity contribution in [1.82, 2.24) is 4.90 Å². The number of ether oxygens (including phenoxy) is 1. The maximum atomic E-state index is 13.2. The van der Waals surface area contributed by atoms with E-state index in [9.17, 15) is 13.6 Å². The van der Waals surface area contributed by atoms with Crippen molar-refractivity contribution in [2.75, 3.05) is 26.2 Å². The normalized spacial score (nSPS) is 20.4. The van der Waals surface area contributed by atoms with E-state index in [2.05, 4.69) is 0 Å². The monoisotopic (exact) mass is 271 g/mol. The van der Waals surface area contributed by atoms with E-state index in [0.717, 1.165) is 12.1 Å². The maximum Gasteiger partial charge on any atom is 0.304 e. The molecule has 1 unspecified atom stereocenters. The molecule has 1 N–H and O–H groups in total. The Kier molecular flexibility index (Phi) is 4.44. The predicted octanol–water partition coefficient (Wildman–Crippen LogP) is 1.81. The first-order chi connectivity index (χ1) is 9.06. The first-order valence-electron chi connectivity index (χ1n) is 6.07. The number of carbonyl (C=O) groups is 1. The predicted molar refractivity (Wildman–Crippen MR) is 63.7 cm³/mol. The highest BCUT2D eigenvalue weighted by Crippen LogP contribution is 2.23. The van der Waals surface area contributed by atoms with E-state index in [4.69, 9.17) is 9.84 Å². The van der Waals surface area contributed by atoms with Crippen molar-refractivity contribution in [3.05, 3.63) is 35.4 Å². The van der Waals surface area contributed by atoms with E-state index >= 15 is 0 Å². The smallest absolute Gasteiger partial charge is 0.304 e. The molecule has 0 amide bonds. The van der Waals surface area contributed by atoms with Gasteiger partial charge in [0, 0.05) is 19.6 Å². The quantitative estimate of drug-likeness (QED) is 0.907. The van der Waals surface area contributed by atoms with Crippen molar-refractivity contribution in [3.8, 4) is 0 Å². The number of rotatable bonds is 4. The Balaban J connectivity index is 2.00. The van der Waals surface area contributed by atoms with E-state index in [1.54, 1.807) is 0 Å². The molecule has 0 saturated carbocycles. The van der Waals surface area contributed by atoms with Crippen LogP contribution in [0.4, 0.5) is 8.78 Å². The lowest BCUT2D eigenvalue weighted by Gasteiger charge is -2.32. The molecule has 1 heterocycles. The van der Waals surface area contributed by atoms with Crippen molar-refractivity contribution in [3.63, 3.8) is 0 Å². The van der Waals surface area contributed by atoms with Crippen molar-refractivity contribution in [2.45, 2.75) is 12.5 Å². The average Bonchev–Trinajstić information content (AvgIpc) is 2.40. The van der Waals surface area contributed by atoms with Gasteiger partial charge in [-0.1, -0.05) is 6.07 Å². The molecule has 0 bridgehead atoms. The second-order valence-corrected chi connectivity index (χ2v) is 4.48. The molecule has 6 heteroatoms. The topological polar surface area (TPSA) is 49.8 Å². The third-order valence-corrected chi connectivity index (χ3v) is 3.11. The molecule has 19 heavy (non-hydrogen) atoms. The molecule has 1 aliphatic rings. The van der Waals surface area contributed by atoms with Crippen molar-refractivity contribution in [2.24, 2.45) is 0 Å². The summed E-state index contributed by atoms with van der Waals surface area (Å²) >= 11 is 0. The molecular formula is C13H15F2NO3. The van der Waals surface area contributed by atoms with Crippen LogP contribution >= 0.6 is 0 Å². The van der Waals surface area contributed by atoms with Crippen LogP contribution in [0, 0.1) is 11.6 Å². The molecule has 1 aromatic carbocycles. The minimum absolute atomic E-state index is 0.0600. The molecular weight excluding hydrogens is 256 g/mol. The van der Waals surface area contributed by atoms with E-state index in [-0.39, 0.29) is 12.5 Å². The van der Waals surface area contributed by atoms with Gasteiger partial charge in [0.15, 0.2) is 11.6 Å². The number of benzene rings is 1. The van der Waals surface area contributed by atoms with Gasteiger partial charge >= 0.3 is 5.97 Å². The molecule has 1 saturated heterocycles. The third kappa shape index (κ3) is 3.71. The number of nitrogens with zero attached hydrogens (tertiary/aromatic N) is 1. The highest BCUT2D eigenvalue weighted by molar-refractivity contribution is 5.66. The highest BCUT2D eigenvalue weighted by atomic mass is 19.2. The Labute approximate surface area is 109 Å². The van der Waals surface area contributed by atoms with Gasteiger partial charge in [-0.15, -0.1) is 0 Å². The summed E-state index contributed by atoms with van der Waals surface area (Å²) in [6.07, 6.45) is -0.289. The number of hydrogen-bond acceptors (Lipinski definition) is 3.